The third-order valence-corrected chi connectivity index (χ3v) is 5.80. The Morgan fingerprint density at radius 2 is 1.56 bits per heavy atom. The highest BCUT2D eigenvalue weighted by molar-refractivity contribution is 5.75. The molecule has 1 aliphatic rings. The maximum Gasteiger partial charge on any atom is 0.407 e. The second-order valence-electron chi connectivity index (χ2n) is 9.91. The number of ether oxygens (including phenoxy) is 3. The first-order chi connectivity index (χ1) is 17.2. The first-order valence-corrected chi connectivity index (χ1v) is 12.5. The van der Waals surface area contributed by atoms with E-state index in [0.29, 0.717) is 46.1 Å². The average molecular weight is 499 g/mol. The second kappa shape index (κ2) is 13.4. The summed E-state index contributed by atoms with van der Waals surface area (Å²) in [6.07, 6.45) is 1.27. The molecule has 0 aromatic heterocycles. The zero-order valence-electron chi connectivity index (χ0n) is 21.5. The third-order valence-electron chi connectivity index (χ3n) is 5.80. The monoisotopic (exact) mass is 498 g/mol. The molecule has 1 aliphatic heterocycles. The van der Waals surface area contributed by atoms with Crippen LogP contribution in [0.1, 0.15) is 55.5 Å². The molecular formula is C28H38N2O6. The van der Waals surface area contributed by atoms with Gasteiger partial charge in [0.25, 0.3) is 0 Å². The van der Waals surface area contributed by atoms with Crippen molar-refractivity contribution in [1.29, 1.82) is 0 Å². The predicted octanol–water partition coefficient (Wildman–Crippen LogP) is 4.32. The van der Waals surface area contributed by atoms with Gasteiger partial charge in [-0.3, -0.25) is 9.69 Å². The lowest BCUT2D eigenvalue weighted by atomic mass is 10.0. The molecule has 196 valence electrons. The molecule has 0 unspecified atom stereocenters. The van der Waals surface area contributed by atoms with E-state index in [1.54, 1.807) is 0 Å². The minimum Gasteiger partial charge on any atom is -0.480 e. The van der Waals surface area contributed by atoms with Crippen LogP contribution < -0.4 is 5.32 Å². The van der Waals surface area contributed by atoms with Gasteiger partial charge >= 0.3 is 12.1 Å². The Hall–Kier alpha value is -2.94. The molecule has 2 aromatic carbocycles. The van der Waals surface area contributed by atoms with Crippen LogP contribution in [0.2, 0.25) is 0 Å². The van der Waals surface area contributed by atoms with Gasteiger partial charge in [-0.2, -0.15) is 0 Å². The van der Waals surface area contributed by atoms with Gasteiger partial charge in [-0.05, 0) is 55.9 Å². The topological polar surface area (TPSA) is 97.3 Å². The summed E-state index contributed by atoms with van der Waals surface area (Å²) >= 11 is 0. The van der Waals surface area contributed by atoms with Crippen LogP contribution in [0.3, 0.4) is 0 Å². The van der Waals surface area contributed by atoms with Gasteiger partial charge in [0.1, 0.15) is 11.6 Å². The summed E-state index contributed by atoms with van der Waals surface area (Å²) < 4.78 is 16.2. The number of carbonyl (C=O) groups excluding carboxylic acids is 1. The Labute approximate surface area is 213 Å². The van der Waals surface area contributed by atoms with Gasteiger partial charge in [0, 0.05) is 26.2 Å². The largest absolute Gasteiger partial charge is 0.480 e. The second-order valence-corrected chi connectivity index (χ2v) is 9.91. The smallest absolute Gasteiger partial charge is 0.407 e. The van der Waals surface area contributed by atoms with Crippen molar-refractivity contribution >= 4 is 12.1 Å². The number of carboxylic acid groups (broad SMARTS) is 1. The van der Waals surface area contributed by atoms with Gasteiger partial charge in [0.15, 0.2) is 0 Å². The molecule has 0 saturated heterocycles. The fourth-order valence-electron chi connectivity index (χ4n) is 4.16. The number of fused-ring (bicyclic) bond motifs is 1. The van der Waals surface area contributed by atoms with E-state index in [4.69, 9.17) is 14.2 Å². The number of amides is 1. The van der Waals surface area contributed by atoms with Crippen LogP contribution in [0.15, 0.2) is 48.5 Å². The molecule has 0 radical (unpaired) electrons. The summed E-state index contributed by atoms with van der Waals surface area (Å²) in [7, 11) is 0. The van der Waals surface area contributed by atoms with Crippen LogP contribution in [0, 0.1) is 0 Å². The summed E-state index contributed by atoms with van der Waals surface area (Å²) in [6, 6.07) is 15.3. The van der Waals surface area contributed by atoms with Gasteiger partial charge in [-0.15, -0.1) is 0 Å². The molecule has 2 aromatic rings. The minimum atomic E-state index is -0.827. The molecule has 3 rings (SSSR count). The van der Waals surface area contributed by atoms with Crippen LogP contribution in [0.4, 0.5) is 4.79 Å². The summed E-state index contributed by atoms with van der Waals surface area (Å²) in [6.45, 7) is 9.11. The van der Waals surface area contributed by atoms with Crippen molar-refractivity contribution in [3.05, 3.63) is 70.8 Å². The number of rotatable bonds is 13. The van der Waals surface area contributed by atoms with Gasteiger partial charge in [0.05, 0.1) is 19.8 Å². The first-order valence-electron chi connectivity index (χ1n) is 12.5. The third kappa shape index (κ3) is 8.93. The molecule has 0 spiro atoms. The number of carbonyl (C=O) groups is 2. The summed E-state index contributed by atoms with van der Waals surface area (Å²) in [4.78, 5) is 25.6. The molecule has 8 nitrogen and oxygen atoms in total. The maximum absolute atomic E-state index is 12.1. The van der Waals surface area contributed by atoms with Crippen LogP contribution in [0.25, 0.3) is 0 Å². The lowest BCUT2D eigenvalue weighted by molar-refractivity contribution is -0.143. The van der Waals surface area contributed by atoms with Crippen molar-refractivity contribution < 1.29 is 28.9 Å². The zero-order valence-corrected chi connectivity index (χ0v) is 21.5. The van der Waals surface area contributed by atoms with E-state index in [2.05, 4.69) is 17.4 Å². The standard InChI is InChI=1S/C28H38N2O6/c1-28(2,3)36-27(33)29-14-16-35-18-17-34-15-6-7-21-10-12-22(13-11-21)25(26(31)32)30-19-23-8-4-5-9-24(23)20-30/h4-5,8-13,25H,6-7,14-20H2,1-3H3,(H,29,33)(H,31,32)/t25-/m0/s1. The predicted molar refractivity (Wildman–Crippen MR) is 137 cm³/mol. The summed E-state index contributed by atoms with van der Waals surface area (Å²) in [5, 5.41) is 12.5. The van der Waals surface area contributed by atoms with Crippen LogP contribution >= 0.6 is 0 Å². The van der Waals surface area contributed by atoms with Crippen molar-refractivity contribution in [3.8, 4) is 0 Å². The van der Waals surface area contributed by atoms with Crippen molar-refractivity contribution in [2.75, 3.05) is 33.0 Å². The first kappa shape index (κ1) is 27.6. The highest BCUT2D eigenvalue weighted by atomic mass is 16.6. The Bertz CT molecular complexity index is 961. The van der Waals surface area contributed by atoms with Gasteiger partial charge in [-0.1, -0.05) is 48.5 Å². The Morgan fingerprint density at radius 3 is 2.14 bits per heavy atom. The van der Waals surface area contributed by atoms with E-state index in [1.807, 2.05) is 62.1 Å². The number of alkyl carbamates (subject to hydrolysis) is 1. The van der Waals surface area contributed by atoms with Crippen LogP contribution in [-0.4, -0.2) is 60.6 Å². The Balaban J connectivity index is 1.29. The molecule has 0 bridgehead atoms. The van der Waals surface area contributed by atoms with Crippen molar-refractivity contribution in [3.63, 3.8) is 0 Å². The molecule has 1 heterocycles. The zero-order chi connectivity index (χ0) is 26.0. The Morgan fingerprint density at radius 1 is 0.944 bits per heavy atom. The molecule has 8 heteroatoms. The number of aliphatic carboxylic acids is 1. The molecular weight excluding hydrogens is 460 g/mol. The number of benzene rings is 2. The number of carboxylic acids is 1. The lowest BCUT2D eigenvalue weighted by Gasteiger charge is -2.24. The van der Waals surface area contributed by atoms with Crippen molar-refractivity contribution in [1.82, 2.24) is 10.2 Å². The van der Waals surface area contributed by atoms with E-state index < -0.39 is 23.7 Å². The van der Waals surface area contributed by atoms with Crippen LogP contribution in [0.5, 0.6) is 0 Å². The molecule has 1 amide bonds. The molecule has 0 saturated carbocycles. The number of aryl methyl sites for hydroxylation is 1. The summed E-state index contributed by atoms with van der Waals surface area (Å²) in [5.74, 6) is -0.827. The maximum atomic E-state index is 12.1. The number of hydrogen-bond donors (Lipinski definition) is 2. The van der Waals surface area contributed by atoms with Gasteiger partial charge in [-0.25, -0.2) is 4.79 Å². The number of nitrogens with one attached hydrogen (secondary N) is 1. The number of hydrogen-bond acceptors (Lipinski definition) is 6. The Kier molecular flexibility index (Phi) is 10.3. The van der Waals surface area contributed by atoms with Crippen LogP contribution in [-0.2, 0) is 38.5 Å². The number of nitrogens with zero attached hydrogens (tertiary/aromatic N) is 1. The van der Waals surface area contributed by atoms with E-state index in [1.165, 1.54) is 11.1 Å². The fraction of sp³-hybridized carbons (Fsp3) is 0.500. The highest BCUT2D eigenvalue weighted by Gasteiger charge is 2.31. The van der Waals surface area contributed by atoms with Crippen molar-refractivity contribution in [2.45, 2.75) is 58.3 Å². The minimum absolute atomic E-state index is 0.387. The van der Waals surface area contributed by atoms with Crippen molar-refractivity contribution in [2.24, 2.45) is 0 Å². The van der Waals surface area contributed by atoms with E-state index >= 15 is 0 Å². The fourth-order valence-corrected chi connectivity index (χ4v) is 4.16. The molecule has 2 N–H and O–H groups in total. The molecule has 0 aliphatic carbocycles. The van der Waals surface area contributed by atoms with E-state index in [9.17, 15) is 14.7 Å². The SMILES string of the molecule is CC(C)(C)OC(=O)NCCOCCOCCCc1ccc([C@@H](C(=O)O)N2Cc3ccccc3C2)cc1. The van der Waals surface area contributed by atoms with E-state index in [0.717, 1.165) is 24.0 Å². The molecule has 1 atom stereocenters. The highest BCUT2D eigenvalue weighted by Crippen LogP contribution is 2.31. The molecule has 0 fully saturated rings. The molecule has 36 heavy (non-hydrogen) atoms. The van der Waals surface area contributed by atoms with Gasteiger partial charge in [0.2, 0.25) is 0 Å². The summed E-state index contributed by atoms with van der Waals surface area (Å²) in [5.41, 5.74) is 3.84. The quantitative estimate of drug-likeness (QED) is 0.397. The lowest BCUT2D eigenvalue weighted by Crippen LogP contribution is -2.34. The van der Waals surface area contributed by atoms with Gasteiger partial charge < -0.3 is 24.6 Å². The van der Waals surface area contributed by atoms with E-state index in [-0.39, 0.29) is 0 Å². The normalized spacial score (nSPS) is 14.3. The average Bonchev–Trinajstić information content (AvgIpc) is 3.23.